The van der Waals surface area contributed by atoms with E-state index in [-0.39, 0.29) is 5.97 Å². The van der Waals surface area contributed by atoms with Crippen LogP contribution in [-0.2, 0) is 9.53 Å². The van der Waals surface area contributed by atoms with Crippen molar-refractivity contribution in [2.24, 2.45) is 11.8 Å². The van der Waals surface area contributed by atoms with Gasteiger partial charge in [-0.15, -0.1) is 0 Å². The van der Waals surface area contributed by atoms with Crippen LogP contribution in [0.15, 0.2) is 0 Å². The van der Waals surface area contributed by atoms with Crippen LogP contribution in [-0.4, -0.2) is 37.1 Å². The summed E-state index contributed by atoms with van der Waals surface area (Å²) < 4.78 is 4.79. The Balaban J connectivity index is 2.58. The molecular formula is C14H27NO2. The molecule has 1 saturated carbocycles. The van der Waals surface area contributed by atoms with Crippen LogP contribution in [0, 0.1) is 11.8 Å². The minimum atomic E-state index is -0.107. The molecule has 3 nitrogen and oxygen atoms in total. The molecular weight excluding hydrogens is 214 g/mol. The van der Waals surface area contributed by atoms with Crippen molar-refractivity contribution >= 4 is 5.97 Å². The van der Waals surface area contributed by atoms with Gasteiger partial charge in [0.1, 0.15) is 0 Å². The van der Waals surface area contributed by atoms with Crippen molar-refractivity contribution in [1.82, 2.24) is 4.90 Å². The van der Waals surface area contributed by atoms with E-state index in [2.05, 4.69) is 25.7 Å². The molecule has 0 saturated heterocycles. The molecule has 17 heavy (non-hydrogen) atoms. The van der Waals surface area contributed by atoms with E-state index in [1.807, 2.05) is 0 Å². The van der Waals surface area contributed by atoms with Crippen molar-refractivity contribution in [3.63, 3.8) is 0 Å². The molecule has 1 fully saturated rings. The van der Waals surface area contributed by atoms with E-state index in [0.29, 0.717) is 12.6 Å². The van der Waals surface area contributed by atoms with E-state index in [0.717, 1.165) is 24.8 Å². The molecule has 1 aliphatic rings. The molecule has 1 aliphatic carbocycles. The van der Waals surface area contributed by atoms with E-state index < -0.39 is 0 Å². The fourth-order valence-corrected chi connectivity index (χ4v) is 3.11. The molecule has 0 aromatic carbocycles. The Bertz CT molecular complexity index is 232. The van der Waals surface area contributed by atoms with Gasteiger partial charge in [-0.3, -0.25) is 9.69 Å². The van der Waals surface area contributed by atoms with Gasteiger partial charge in [-0.2, -0.15) is 0 Å². The zero-order chi connectivity index (χ0) is 12.8. The van der Waals surface area contributed by atoms with Crippen molar-refractivity contribution in [2.45, 2.75) is 52.5 Å². The number of rotatable bonds is 5. The van der Waals surface area contributed by atoms with Crippen LogP contribution in [0.2, 0.25) is 0 Å². The quantitative estimate of drug-likeness (QED) is 0.693. The van der Waals surface area contributed by atoms with E-state index in [1.54, 1.807) is 0 Å². The lowest BCUT2D eigenvalue weighted by Gasteiger charge is -2.38. The number of hydrogen-bond acceptors (Lipinski definition) is 3. The van der Waals surface area contributed by atoms with Gasteiger partial charge in [-0.1, -0.05) is 20.8 Å². The van der Waals surface area contributed by atoms with Gasteiger partial charge in [-0.25, -0.2) is 0 Å². The largest absolute Gasteiger partial charge is 0.468 e. The Hall–Kier alpha value is -0.570. The molecule has 1 rings (SSSR count). The third-order valence-electron chi connectivity index (χ3n) is 3.74. The molecule has 100 valence electrons. The number of ether oxygens (including phenoxy) is 1. The fraction of sp³-hybridized carbons (Fsp3) is 0.929. The van der Waals surface area contributed by atoms with Gasteiger partial charge < -0.3 is 4.74 Å². The standard InChI is InChI=1S/C14H27NO2/c1-5-6-15(10-14(16)17-4)13-8-11(2)7-12(3)9-13/h11-13H,5-10H2,1-4H3. The molecule has 0 aliphatic heterocycles. The molecule has 0 bridgehead atoms. The summed E-state index contributed by atoms with van der Waals surface area (Å²) in [6.45, 7) is 8.27. The van der Waals surface area contributed by atoms with Crippen LogP contribution in [0.4, 0.5) is 0 Å². The summed E-state index contributed by atoms with van der Waals surface area (Å²) in [7, 11) is 1.47. The van der Waals surface area contributed by atoms with Crippen molar-refractivity contribution in [3.8, 4) is 0 Å². The highest BCUT2D eigenvalue weighted by molar-refractivity contribution is 5.71. The first-order valence-electron chi connectivity index (χ1n) is 6.87. The maximum Gasteiger partial charge on any atom is 0.319 e. The van der Waals surface area contributed by atoms with Crippen molar-refractivity contribution in [2.75, 3.05) is 20.2 Å². The molecule has 0 spiro atoms. The summed E-state index contributed by atoms with van der Waals surface area (Å²) in [5, 5.41) is 0. The van der Waals surface area contributed by atoms with Gasteiger partial charge in [-0.05, 0) is 44.1 Å². The smallest absolute Gasteiger partial charge is 0.319 e. The van der Waals surface area contributed by atoms with E-state index in [9.17, 15) is 4.79 Å². The van der Waals surface area contributed by atoms with Crippen LogP contribution in [0.1, 0.15) is 46.5 Å². The summed E-state index contributed by atoms with van der Waals surface area (Å²) in [5.41, 5.74) is 0. The Labute approximate surface area is 106 Å². The normalized spacial score (nSPS) is 29.4. The average molecular weight is 241 g/mol. The number of esters is 1. The number of hydrogen-bond donors (Lipinski definition) is 0. The van der Waals surface area contributed by atoms with Crippen molar-refractivity contribution < 1.29 is 9.53 Å². The third-order valence-corrected chi connectivity index (χ3v) is 3.74. The number of carbonyl (C=O) groups excluding carboxylic acids is 1. The van der Waals surface area contributed by atoms with Crippen LogP contribution in [0.3, 0.4) is 0 Å². The zero-order valence-electron chi connectivity index (χ0n) is 11.7. The second-order valence-corrected chi connectivity index (χ2v) is 5.62. The van der Waals surface area contributed by atoms with Crippen LogP contribution in [0.25, 0.3) is 0 Å². The molecule has 2 unspecified atom stereocenters. The van der Waals surface area contributed by atoms with E-state index >= 15 is 0 Å². The lowest BCUT2D eigenvalue weighted by Crippen LogP contribution is -2.43. The number of methoxy groups -OCH3 is 1. The van der Waals surface area contributed by atoms with Crippen LogP contribution in [0.5, 0.6) is 0 Å². The number of carbonyl (C=O) groups is 1. The summed E-state index contributed by atoms with van der Waals surface area (Å²) in [5.74, 6) is 1.45. The van der Waals surface area contributed by atoms with Gasteiger partial charge >= 0.3 is 5.97 Å². The van der Waals surface area contributed by atoms with Gasteiger partial charge in [0.15, 0.2) is 0 Å². The summed E-state index contributed by atoms with van der Waals surface area (Å²) in [6.07, 6.45) is 4.87. The topological polar surface area (TPSA) is 29.5 Å². The maximum atomic E-state index is 11.4. The molecule has 2 atom stereocenters. The van der Waals surface area contributed by atoms with Gasteiger partial charge in [0.2, 0.25) is 0 Å². The highest BCUT2D eigenvalue weighted by Crippen LogP contribution is 2.31. The van der Waals surface area contributed by atoms with Crippen LogP contribution < -0.4 is 0 Å². The highest BCUT2D eigenvalue weighted by Gasteiger charge is 2.29. The van der Waals surface area contributed by atoms with Gasteiger partial charge in [0, 0.05) is 6.04 Å². The first-order valence-corrected chi connectivity index (χ1v) is 6.87. The van der Waals surface area contributed by atoms with E-state index in [4.69, 9.17) is 4.74 Å². The molecule has 0 radical (unpaired) electrons. The van der Waals surface area contributed by atoms with Gasteiger partial charge in [0.25, 0.3) is 0 Å². The Morgan fingerprint density at radius 2 is 1.82 bits per heavy atom. The number of nitrogens with zero attached hydrogens (tertiary/aromatic N) is 1. The average Bonchev–Trinajstić information content (AvgIpc) is 2.27. The van der Waals surface area contributed by atoms with Gasteiger partial charge in [0.05, 0.1) is 13.7 Å². The summed E-state index contributed by atoms with van der Waals surface area (Å²) >= 11 is 0. The molecule has 0 amide bonds. The Kier molecular flexibility index (Phi) is 5.96. The first-order chi connectivity index (χ1) is 8.06. The highest BCUT2D eigenvalue weighted by atomic mass is 16.5. The van der Waals surface area contributed by atoms with Crippen LogP contribution >= 0.6 is 0 Å². The fourth-order valence-electron chi connectivity index (χ4n) is 3.11. The lowest BCUT2D eigenvalue weighted by molar-refractivity contribution is -0.143. The first kappa shape index (κ1) is 14.5. The lowest BCUT2D eigenvalue weighted by atomic mass is 9.80. The minimum Gasteiger partial charge on any atom is -0.468 e. The Morgan fingerprint density at radius 3 is 2.29 bits per heavy atom. The SMILES string of the molecule is CCCN(CC(=O)OC)C1CC(C)CC(C)C1. The summed E-state index contributed by atoms with van der Waals surface area (Å²) in [4.78, 5) is 13.8. The Morgan fingerprint density at radius 1 is 1.24 bits per heavy atom. The third kappa shape index (κ3) is 4.66. The monoisotopic (exact) mass is 241 g/mol. The molecule has 0 heterocycles. The predicted octanol–water partition coefficient (Wildman–Crippen LogP) is 2.70. The maximum absolute atomic E-state index is 11.4. The molecule has 0 aromatic heterocycles. The summed E-state index contributed by atoms with van der Waals surface area (Å²) in [6, 6.07) is 0.563. The van der Waals surface area contributed by atoms with Crippen molar-refractivity contribution in [3.05, 3.63) is 0 Å². The molecule has 0 N–H and O–H groups in total. The van der Waals surface area contributed by atoms with Crippen molar-refractivity contribution in [1.29, 1.82) is 0 Å². The molecule has 0 aromatic rings. The predicted molar refractivity (Wildman–Crippen MR) is 69.8 cm³/mol. The van der Waals surface area contributed by atoms with E-state index in [1.165, 1.54) is 26.4 Å². The zero-order valence-corrected chi connectivity index (χ0v) is 11.7. The second-order valence-electron chi connectivity index (χ2n) is 5.62. The second kappa shape index (κ2) is 7.00. The minimum absolute atomic E-state index is 0.107. The molecule has 3 heteroatoms.